The number of aromatic hydroxyl groups is 1. The summed E-state index contributed by atoms with van der Waals surface area (Å²) in [5.74, 6) is 0.286. The lowest BCUT2D eigenvalue weighted by Gasteiger charge is -2.06. The van der Waals surface area contributed by atoms with Gasteiger partial charge in [-0.3, -0.25) is 4.79 Å². The second-order valence-corrected chi connectivity index (χ2v) is 5.55. The van der Waals surface area contributed by atoms with E-state index in [0.29, 0.717) is 12.4 Å². The van der Waals surface area contributed by atoms with E-state index in [0.717, 1.165) is 16.7 Å². The predicted octanol–water partition coefficient (Wildman–Crippen LogP) is 3.10. The van der Waals surface area contributed by atoms with E-state index in [1.54, 1.807) is 12.1 Å². The topological polar surface area (TPSA) is 70.9 Å². The van der Waals surface area contributed by atoms with Crippen LogP contribution in [-0.2, 0) is 11.2 Å². The summed E-state index contributed by atoms with van der Waals surface area (Å²) in [5.41, 5.74) is 6.55. The summed E-state index contributed by atoms with van der Waals surface area (Å²) in [4.78, 5) is 11.9. The van der Waals surface area contributed by atoms with Crippen molar-refractivity contribution in [1.29, 1.82) is 0 Å². The molecule has 2 aromatic carbocycles. The molecule has 1 amide bonds. The van der Waals surface area contributed by atoms with Crippen molar-refractivity contribution >= 4 is 12.1 Å². The number of aryl methyl sites for hydroxylation is 2. The average Bonchev–Trinajstić information content (AvgIpc) is 2.54. The molecule has 126 valence electrons. The van der Waals surface area contributed by atoms with E-state index in [-0.39, 0.29) is 18.1 Å². The Hall–Kier alpha value is -2.82. The number of hydrogen-bond acceptors (Lipinski definition) is 4. The van der Waals surface area contributed by atoms with Crippen molar-refractivity contribution in [1.82, 2.24) is 5.43 Å². The number of amides is 1. The van der Waals surface area contributed by atoms with Crippen LogP contribution in [0.2, 0.25) is 0 Å². The minimum absolute atomic E-state index is 0.0766. The van der Waals surface area contributed by atoms with E-state index in [1.165, 1.54) is 17.8 Å². The first-order chi connectivity index (χ1) is 11.5. The van der Waals surface area contributed by atoms with Gasteiger partial charge >= 0.3 is 0 Å². The normalized spacial score (nSPS) is 10.8. The number of phenolic OH excluding ortho intramolecular Hbond substituents is 1. The summed E-state index contributed by atoms with van der Waals surface area (Å²) in [6.07, 6.45) is 1.79. The lowest BCUT2D eigenvalue weighted by atomic mass is 10.0. The van der Waals surface area contributed by atoms with Gasteiger partial charge in [-0.2, -0.15) is 5.10 Å². The first-order valence-electron chi connectivity index (χ1n) is 7.83. The second-order valence-electron chi connectivity index (χ2n) is 5.55. The number of carbonyl (C=O) groups excluding carboxylic acids is 1. The smallest absolute Gasteiger partial charge is 0.244 e. The van der Waals surface area contributed by atoms with Crippen LogP contribution in [0.1, 0.15) is 29.2 Å². The van der Waals surface area contributed by atoms with Crippen LogP contribution in [0.3, 0.4) is 0 Å². The van der Waals surface area contributed by atoms with Gasteiger partial charge in [0.25, 0.3) is 0 Å². The Kier molecular flexibility index (Phi) is 5.95. The molecule has 5 nitrogen and oxygen atoms in total. The summed E-state index contributed by atoms with van der Waals surface area (Å²) in [7, 11) is 0. The van der Waals surface area contributed by atoms with Crippen molar-refractivity contribution in [3.8, 4) is 11.5 Å². The van der Waals surface area contributed by atoms with Gasteiger partial charge in [0.2, 0.25) is 5.91 Å². The summed E-state index contributed by atoms with van der Waals surface area (Å²) in [6, 6.07) is 10.8. The highest BCUT2D eigenvalue weighted by molar-refractivity contribution is 5.84. The van der Waals surface area contributed by atoms with Gasteiger partial charge in [-0.05, 0) is 61.2 Å². The Labute approximate surface area is 142 Å². The van der Waals surface area contributed by atoms with E-state index >= 15 is 0 Å². The minimum Gasteiger partial charge on any atom is -0.504 e. The molecule has 2 aromatic rings. The molecule has 0 aliphatic carbocycles. The number of carbonyl (C=O) groups is 1. The van der Waals surface area contributed by atoms with E-state index in [2.05, 4.69) is 10.5 Å². The van der Waals surface area contributed by atoms with Crippen LogP contribution in [0.5, 0.6) is 11.5 Å². The SMILES string of the molecule is CCOc1cc(/C=N\NC(=O)Cc2ccc(C)c(C)c2)ccc1O. The molecule has 0 aliphatic rings. The second kappa shape index (κ2) is 8.15. The molecule has 0 aromatic heterocycles. The average molecular weight is 326 g/mol. The Morgan fingerprint density at radius 2 is 2.00 bits per heavy atom. The molecule has 2 N–H and O–H groups in total. The maximum Gasteiger partial charge on any atom is 0.244 e. The third-order valence-electron chi connectivity index (χ3n) is 3.62. The van der Waals surface area contributed by atoms with Crippen molar-refractivity contribution in [3.63, 3.8) is 0 Å². The van der Waals surface area contributed by atoms with Crippen molar-refractivity contribution in [2.75, 3.05) is 6.61 Å². The van der Waals surface area contributed by atoms with E-state index < -0.39 is 0 Å². The maximum atomic E-state index is 11.9. The van der Waals surface area contributed by atoms with Crippen molar-refractivity contribution in [2.24, 2.45) is 5.10 Å². The fourth-order valence-electron chi connectivity index (χ4n) is 2.20. The number of benzene rings is 2. The lowest BCUT2D eigenvalue weighted by Crippen LogP contribution is -2.19. The third-order valence-corrected chi connectivity index (χ3v) is 3.62. The van der Waals surface area contributed by atoms with Crippen LogP contribution in [0.4, 0.5) is 0 Å². The van der Waals surface area contributed by atoms with Crippen LogP contribution in [0, 0.1) is 13.8 Å². The number of nitrogens with one attached hydrogen (secondary N) is 1. The predicted molar refractivity (Wildman–Crippen MR) is 94.6 cm³/mol. The zero-order chi connectivity index (χ0) is 17.5. The highest BCUT2D eigenvalue weighted by Crippen LogP contribution is 2.26. The van der Waals surface area contributed by atoms with E-state index in [4.69, 9.17) is 4.74 Å². The van der Waals surface area contributed by atoms with E-state index in [1.807, 2.05) is 39.0 Å². The summed E-state index contributed by atoms with van der Waals surface area (Å²) >= 11 is 0. The Morgan fingerprint density at radius 3 is 2.71 bits per heavy atom. The summed E-state index contributed by atoms with van der Waals surface area (Å²) in [5, 5.41) is 13.6. The molecule has 0 spiro atoms. The van der Waals surface area contributed by atoms with Gasteiger partial charge in [-0.15, -0.1) is 0 Å². The fraction of sp³-hybridized carbons (Fsp3) is 0.263. The zero-order valence-corrected chi connectivity index (χ0v) is 14.2. The van der Waals surface area contributed by atoms with Gasteiger partial charge in [-0.25, -0.2) is 5.43 Å². The molecular weight excluding hydrogens is 304 g/mol. The van der Waals surface area contributed by atoms with Crippen LogP contribution in [0.25, 0.3) is 0 Å². The highest BCUT2D eigenvalue weighted by atomic mass is 16.5. The van der Waals surface area contributed by atoms with Gasteiger partial charge in [0.05, 0.1) is 19.2 Å². The molecule has 0 saturated carbocycles. The molecular formula is C19H22N2O3. The van der Waals surface area contributed by atoms with Crippen LogP contribution < -0.4 is 10.2 Å². The number of hydrazone groups is 1. The molecule has 2 rings (SSSR count). The standard InChI is InChI=1S/C19H22N2O3/c1-4-24-18-10-16(7-8-17(18)22)12-20-21-19(23)11-15-6-5-13(2)14(3)9-15/h5-10,12,22H,4,11H2,1-3H3,(H,21,23)/b20-12-. The van der Waals surface area contributed by atoms with Gasteiger partial charge in [0, 0.05) is 0 Å². The zero-order valence-electron chi connectivity index (χ0n) is 14.2. The highest BCUT2D eigenvalue weighted by Gasteiger charge is 2.04. The number of phenols is 1. The van der Waals surface area contributed by atoms with Gasteiger partial charge in [0.1, 0.15) is 0 Å². The van der Waals surface area contributed by atoms with Gasteiger partial charge in [-0.1, -0.05) is 18.2 Å². The Morgan fingerprint density at radius 1 is 1.21 bits per heavy atom. The first-order valence-corrected chi connectivity index (χ1v) is 7.83. The molecule has 0 fully saturated rings. The molecule has 0 radical (unpaired) electrons. The molecule has 0 aliphatic heterocycles. The molecule has 24 heavy (non-hydrogen) atoms. The quantitative estimate of drug-likeness (QED) is 0.633. The Balaban J connectivity index is 1.94. The summed E-state index contributed by atoms with van der Waals surface area (Å²) < 4.78 is 5.31. The fourth-order valence-corrected chi connectivity index (χ4v) is 2.20. The number of nitrogens with zero attached hydrogens (tertiary/aromatic N) is 1. The number of rotatable bonds is 6. The monoisotopic (exact) mass is 326 g/mol. The molecule has 0 saturated heterocycles. The molecule has 0 heterocycles. The van der Waals surface area contributed by atoms with Gasteiger partial charge in [0.15, 0.2) is 11.5 Å². The third kappa shape index (κ3) is 4.84. The Bertz CT molecular complexity index is 754. The van der Waals surface area contributed by atoms with Crippen LogP contribution >= 0.6 is 0 Å². The van der Waals surface area contributed by atoms with Crippen LogP contribution in [-0.4, -0.2) is 23.8 Å². The lowest BCUT2D eigenvalue weighted by molar-refractivity contribution is -0.120. The molecule has 5 heteroatoms. The van der Waals surface area contributed by atoms with Crippen molar-refractivity contribution in [3.05, 3.63) is 58.7 Å². The number of hydrogen-bond donors (Lipinski definition) is 2. The minimum atomic E-state index is -0.182. The molecule has 0 bridgehead atoms. The maximum absolute atomic E-state index is 11.9. The number of ether oxygens (including phenoxy) is 1. The van der Waals surface area contributed by atoms with Crippen molar-refractivity contribution in [2.45, 2.75) is 27.2 Å². The van der Waals surface area contributed by atoms with Crippen LogP contribution in [0.15, 0.2) is 41.5 Å². The largest absolute Gasteiger partial charge is 0.504 e. The van der Waals surface area contributed by atoms with Gasteiger partial charge < -0.3 is 9.84 Å². The van der Waals surface area contributed by atoms with Crippen molar-refractivity contribution < 1.29 is 14.6 Å². The molecule has 0 atom stereocenters. The summed E-state index contributed by atoms with van der Waals surface area (Å²) in [6.45, 7) is 6.36. The van der Waals surface area contributed by atoms with E-state index in [9.17, 15) is 9.90 Å². The molecule has 0 unspecified atom stereocenters. The first kappa shape index (κ1) is 17.5.